The van der Waals surface area contributed by atoms with Gasteiger partial charge in [-0.25, -0.2) is 4.39 Å². The lowest BCUT2D eigenvalue weighted by molar-refractivity contribution is 0.523. The number of nitrogens with one attached hydrogen (secondary N) is 2. The standard InChI is InChI=1S/C13H18BrFN2/c1-9(7-10-3-2-6-16-10)17-11-4-5-12(14)13(15)8-11/h4-5,8-10,16-17H,2-3,6-7H2,1H3. The molecule has 1 heterocycles. The van der Waals surface area contributed by atoms with E-state index in [4.69, 9.17) is 0 Å². The van der Waals surface area contributed by atoms with Crippen LogP contribution in [0.3, 0.4) is 0 Å². The van der Waals surface area contributed by atoms with Gasteiger partial charge in [-0.2, -0.15) is 0 Å². The van der Waals surface area contributed by atoms with Crippen molar-refractivity contribution in [1.29, 1.82) is 0 Å². The summed E-state index contributed by atoms with van der Waals surface area (Å²) in [5.74, 6) is -0.221. The Morgan fingerprint density at radius 2 is 2.41 bits per heavy atom. The second kappa shape index (κ2) is 5.83. The summed E-state index contributed by atoms with van der Waals surface area (Å²) in [5, 5.41) is 6.81. The number of halogens is 2. The minimum atomic E-state index is -0.221. The molecule has 2 unspecified atom stereocenters. The minimum absolute atomic E-state index is 0.221. The van der Waals surface area contributed by atoms with Crippen LogP contribution in [0.2, 0.25) is 0 Å². The average Bonchev–Trinajstić information content (AvgIpc) is 2.76. The summed E-state index contributed by atoms with van der Waals surface area (Å²) in [6.07, 6.45) is 3.60. The first-order valence-corrected chi connectivity index (χ1v) is 6.89. The number of rotatable bonds is 4. The lowest BCUT2D eigenvalue weighted by Crippen LogP contribution is -2.29. The molecule has 1 saturated heterocycles. The van der Waals surface area contributed by atoms with Gasteiger partial charge in [-0.15, -0.1) is 0 Å². The molecular formula is C13H18BrFN2. The quantitative estimate of drug-likeness (QED) is 0.889. The Kier molecular flexibility index (Phi) is 4.40. The maximum Gasteiger partial charge on any atom is 0.139 e. The van der Waals surface area contributed by atoms with Crippen LogP contribution in [0.4, 0.5) is 10.1 Å². The van der Waals surface area contributed by atoms with E-state index in [1.807, 2.05) is 6.07 Å². The van der Waals surface area contributed by atoms with Crippen LogP contribution in [0.15, 0.2) is 22.7 Å². The summed E-state index contributed by atoms with van der Waals surface area (Å²) in [4.78, 5) is 0. The predicted molar refractivity (Wildman–Crippen MR) is 72.8 cm³/mol. The maximum absolute atomic E-state index is 13.3. The van der Waals surface area contributed by atoms with Crippen molar-refractivity contribution in [3.8, 4) is 0 Å². The van der Waals surface area contributed by atoms with Gasteiger partial charge < -0.3 is 10.6 Å². The van der Waals surface area contributed by atoms with Gasteiger partial charge in [0.2, 0.25) is 0 Å². The molecule has 0 saturated carbocycles. The molecule has 0 aliphatic carbocycles. The van der Waals surface area contributed by atoms with Crippen molar-refractivity contribution >= 4 is 21.6 Å². The molecule has 2 rings (SSSR count). The zero-order chi connectivity index (χ0) is 12.3. The molecule has 0 bridgehead atoms. The normalized spacial score (nSPS) is 21.5. The third-order valence-electron chi connectivity index (χ3n) is 3.13. The smallest absolute Gasteiger partial charge is 0.139 e. The fraction of sp³-hybridized carbons (Fsp3) is 0.538. The molecule has 0 amide bonds. The van der Waals surface area contributed by atoms with Crippen LogP contribution >= 0.6 is 15.9 Å². The molecule has 1 aromatic rings. The van der Waals surface area contributed by atoms with Gasteiger partial charge in [0, 0.05) is 17.8 Å². The van der Waals surface area contributed by atoms with E-state index in [0.717, 1.165) is 18.7 Å². The fourth-order valence-electron chi connectivity index (χ4n) is 2.31. The van der Waals surface area contributed by atoms with E-state index in [1.54, 1.807) is 6.07 Å². The van der Waals surface area contributed by atoms with Gasteiger partial charge in [-0.1, -0.05) is 0 Å². The third-order valence-corrected chi connectivity index (χ3v) is 3.78. The third kappa shape index (κ3) is 3.68. The molecule has 2 nitrogen and oxygen atoms in total. The Bertz CT molecular complexity index is 378. The molecule has 2 N–H and O–H groups in total. The number of benzene rings is 1. The van der Waals surface area contributed by atoms with Crippen LogP contribution in [-0.4, -0.2) is 18.6 Å². The first-order chi connectivity index (χ1) is 8.15. The first kappa shape index (κ1) is 12.8. The van der Waals surface area contributed by atoms with Crippen molar-refractivity contribution in [1.82, 2.24) is 5.32 Å². The zero-order valence-corrected chi connectivity index (χ0v) is 11.6. The van der Waals surface area contributed by atoms with E-state index in [9.17, 15) is 4.39 Å². The van der Waals surface area contributed by atoms with E-state index in [-0.39, 0.29) is 5.82 Å². The molecule has 0 radical (unpaired) electrons. The monoisotopic (exact) mass is 300 g/mol. The van der Waals surface area contributed by atoms with E-state index in [0.29, 0.717) is 16.6 Å². The van der Waals surface area contributed by atoms with E-state index in [2.05, 4.69) is 33.5 Å². The van der Waals surface area contributed by atoms with Crippen molar-refractivity contribution in [2.45, 2.75) is 38.3 Å². The van der Waals surface area contributed by atoms with Crippen LogP contribution in [0, 0.1) is 5.82 Å². The molecule has 94 valence electrons. The molecule has 1 aromatic carbocycles. The van der Waals surface area contributed by atoms with E-state index in [1.165, 1.54) is 18.9 Å². The maximum atomic E-state index is 13.3. The molecule has 1 aliphatic heterocycles. The van der Waals surface area contributed by atoms with Gasteiger partial charge in [0.15, 0.2) is 0 Å². The Morgan fingerprint density at radius 1 is 1.59 bits per heavy atom. The predicted octanol–water partition coefficient (Wildman–Crippen LogP) is 3.53. The lowest BCUT2D eigenvalue weighted by Gasteiger charge is -2.19. The van der Waals surface area contributed by atoms with E-state index < -0.39 is 0 Å². The summed E-state index contributed by atoms with van der Waals surface area (Å²) in [5.41, 5.74) is 0.844. The lowest BCUT2D eigenvalue weighted by atomic mass is 10.1. The first-order valence-electron chi connectivity index (χ1n) is 6.10. The zero-order valence-electron chi connectivity index (χ0n) is 9.97. The van der Waals surface area contributed by atoms with Crippen LogP contribution in [-0.2, 0) is 0 Å². The highest BCUT2D eigenvalue weighted by Gasteiger charge is 2.16. The van der Waals surface area contributed by atoms with Gasteiger partial charge in [-0.05, 0) is 66.9 Å². The highest BCUT2D eigenvalue weighted by atomic mass is 79.9. The second-order valence-electron chi connectivity index (χ2n) is 4.70. The highest BCUT2D eigenvalue weighted by molar-refractivity contribution is 9.10. The van der Waals surface area contributed by atoms with Crippen molar-refractivity contribution in [2.75, 3.05) is 11.9 Å². The van der Waals surface area contributed by atoms with Gasteiger partial charge in [0.1, 0.15) is 5.82 Å². The molecule has 0 aromatic heterocycles. The van der Waals surface area contributed by atoms with E-state index >= 15 is 0 Å². The van der Waals surface area contributed by atoms with Gasteiger partial charge >= 0.3 is 0 Å². The minimum Gasteiger partial charge on any atom is -0.382 e. The molecular weight excluding hydrogens is 283 g/mol. The van der Waals surface area contributed by atoms with Crippen LogP contribution in [0.25, 0.3) is 0 Å². The average molecular weight is 301 g/mol. The van der Waals surface area contributed by atoms with Crippen molar-refractivity contribution in [2.24, 2.45) is 0 Å². The topological polar surface area (TPSA) is 24.1 Å². The summed E-state index contributed by atoms with van der Waals surface area (Å²) < 4.78 is 13.8. The SMILES string of the molecule is CC(CC1CCCN1)Nc1ccc(Br)c(F)c1. The van der Waals surface area contributed by atoms with Crippen molar-refractivity contribution in [3.63, 3.8) is 0 Å². The fourth-order valence-corrected chi connectivity index (χ4v) is 2.56. The number of anilines is 1. The van der Waals surface area contributed by atoms with Gasteiger partial charge in [-0.3, -0.25) is 0 Å². The number of hydrogen-bond donors (Lipinski definition) is 2. The van der Waals surface area contributed by atoms with Crippen LogP contribution < -0.4 is 10.6 Å². The summed E-state index contributed by atoms with van der Waals surface area (Å²) in [6.45, 7) is 3.27. The molecule has 4 heteroatoms. The second-order valence-corrected chi connectivity index (χ2v) is 5.56. The molecule has 0 spiro atoms. The summed E-state index contributed by atoms with van der Waals surface area (Å²) in [6, 6.07) is 6.12. The summed E-state index contributed by atoms with van der Waals surface area (Å²) >= 11 is 3.15. The van der Waals surface area contributed by atoms with Crippen molar-refractivity contribution < 1.29 is 4.39 Å². The Labute approximate surface area is 110 Å². The molecule has 17 heavy (non-hydrogen) atoms. The largest absolute Gasteiger partial charge is 0.382 e. The van der Waals surface area contributed by atoms with Crippen LogP contribution in [0.5, 0.6) is 0 Å². The number of hydrogen-bond acceptors (Lipinski definition) is 2. The molecule has 2 atom stereocenters. The van der Waals surface area contributed by atoms with Crippen LogP contribution in [0.1, 0.15) is 26.2 Å². The van der Waals surface area contributed by atoms with Gasteiger partial charge in [0.25, 0.3) is 0 Å². The molecule has 1 aliphatic rings. The highest BCUT2D eigenvalue weighted by Crippen LogP contribution is 2.21. The molecule has 1 fully saturated rings. The Hall–Kier alpha value is -0.610. The Morgan fingerprint density at radius 3 is 3.06 bits per heavy atom. The van der Waals surface area contributed by atoms with Crippen molar-refractivity contribution in [3.05, 3.63) is 28.5 Å². The Balaban J connectivity index is 1.88. The summed E-state index contributed by atoms with van der Waals surface area (Å²) in [7, 11) is 0. The van der Waals surface area contributed by atoms with Gasteiger partial charge in [0.05, 0.1) is 4.47 Å².